The lowest BCUT2D eigenvalue weighted by Crippen LogP contribution is -2.74. The van der Waals surface area contributed by atoms with Crippen LogP contribution in [0.4, 0.5) is 0 Å². The second-order valence-electron chi connectivity index (χ2n) is 12.5. The fourth-order valence-electron chi connectivity index (χ4n) is 7.34. The zero-order valence-electron chi connectivity index (χ0n) is 24.1. The molecular weight excluding hydrogens is 503 g/mol. The van der Waals surface area contributed by atoms with Gasteiger partial charge in [-0.2, -0.15) is 0 Å². The van der Waals surface area contributed by atoms with E-state index in [1.165, 1.54) is 77.0 Å². The molecule has 216 valence electrons. The van der Waals surface area contributed by atoms with E-state index in [4.69, 9.17) is 32.7 Å². The highest BCUT2D eigenvalue weighted by Gasteiger charge is 2.79. The maximum atomic E-state index is 13.7. The largest absolute Gasteiger partial charge is 0.378 e. The maximum Gasteiger partial charge on any atom is 0.151 e. The highest BCUT2D eigenvalue weighted by molar-refractivity contribution is 6.55. The minimum Gasteiger partial charge on any atom is -0.378 e. The smallest absolute Gasteiger partial charge is 0.151 e. The van der Waals surface area contributed by atoms with E-state index < -0.39 is 15.2 Å². The van der Waals surface area contributed by atoms with Gasteiger partial charge < -0.3 is 9.47 Å². The van der Waals surface area contributed by atoms with E-state index in [2.05, 4.69) is 13.8 Å². The third-order valence-electron chi connectivity index (χ3n) is 9.85. The first-order valence-corrected chi connectivity index (χ1v) is 16.8. The first kappa shape index (κ1) is 31.7. The van der Waals surface area contributed by atoms with Gasteiger partial charge in [0.25, 0.3) is 0 Å². The van der Waals surface area contributed by atoms with Crippen molar-refractivity contribution in [3.8, 4) is 0 Å². The molecule has 0 aromatic heterocycles. The molecule has 0 bridgehead atoms. The number of halogens is 2. The summed E-state index contributed by atoms with van der Waals surface area (Å²) in [5.41, 5.74) is -1.11. The molecular formula is C32H56Cl2O3. The van der Waals surface area contributed by atoms with Gasteiger partial charge in [0.15, 0.2) is 5.78 Å². The number of hydrogen-bond acceptors (Lipinski definition) is 3. The molecule has 0 atom stereocenters. The molecule has 3 fully saturated rings. The monoisotopic (exact) mass is 558 g/mol. The van der Waals surface area contributed by atoms with Crippen LogP contribution < -0.4 is 0 Å². The van der Waals surface area contributed by atoms with Crippen LogP contribution in [0.3, 0.4) is 0 Å². The van der Waals surface area contributed by atoms with Crippen LogP contribution in [0.2, 0.25) is 0 Å². The molecule has 37 heavy (non-hydrogen) atoms. The fraction of sp³-hybridized carbons (Fsp3) is 0.969. The lowest BCUT2D eigenvalue weighted by Gasteiger charge is -2.66. The highest BCUT2D eigenvalue weighted by Crippen LogP contribution is 2.74. The first-order valence-electron chi connectivity index (χ1n) is 16.1. The van der Waals surface area contributed by atoms with Crippen molar-refractivity contribution in [1.29, 1.82) is 0 Å². The lowest BCUT2D eigenvalue weighted by molar-refractivity contribution is -0.176. The summed E-state index contributed by atoms with van der Waals surface area (Å²) in [5.74, 6) is 0.348. The van der Waals surface area contributed by atoms with Gasteiger partial charge in [0.2, 0.25) is 0 Å². The molecule has 0 N–H and O–H groups in total. The Morgan fingerprint density at radius 2 is 0.919 bits per heavy atom. The molecule has 0 aliphatic heterocycles. The van der Waals surface area contributed by atoms with Gasteiger partial charge in [-0.15, -0.1) is 0 Å². The van der Waals surface area contributed by atoms with Crippen molar-refractivity contribution in [2.75, 3.05) is 13.2 Å². The van der Waals surface area contributed by atoms with Crippen LogP contribution in [0.1, 0.15) is 155 Å². The molecule has 0 amide bonds. The second kappa shape index (κ2) is 15.8. The Morgan fingerprint density at radius 3 is 1.24 bits per heavy atom. The van der Waals surface area contributed by atoms with Crippen LogP contribution in [0.5, 0.6) is 0 Å². The summed E-state index contributed by atoms with van der Waals surface area (Å²) in [6.07, 6.45) is 25.5. The fourth-order valence-corrected chi connectivity index (χ4v) is 8.44. The maximum absolute atomic E-state index is 13.7. The molecule has 0 heterocycles. The predicted octanol–water partition coefficient (Wildman–Crippen LogP) is 10.1. The van der Waals surface area contributed by atoms with E-state index >= 15 is 0 Å². The van der Waals surface area contributed by atoms with Crippen LogP contribution in [-0.4, -0.2) is 35.5 Å². The van der Waals surface area contributed by atoms with Crippen LogP contribution in [0.25, 0.3) is 0 Å². The Hall–Kier alpha value is 0.170. The number of ketones is 1. The third-order valence-corrected chi connectivity index (χ3v) is 11.3. The number of ether oxygens (including phenoxy) is 2. The van der Waals surface area contributed by atoms with Gasteiger partial charge in [-0.1, -0.05) is 114 Å². The molecule has 0 saturated heterocycles. The predicted molar refractivity (Wildman–Crippen MR) is 157 cm³/mol. The van der Waals surface area contributed by atoms with Gasteiger partial charge in [0, 0.05) is 13.2 Å². The van der Waals surface area contributed by atoms with E-state index in [0.29, 0.717) is 5.78 Å². The Kier molecular flexibility index (Phi) is 13.6. The van der Waals surface area contributed by atoms with Gasteiger partial charge in [0.05, 0.1) is 23.0 Å². The molecule has 0 aromatic rings. The van der Waals surface area contributed by atoms with Crippen molar-refractivity contribution in [3.05, 3.63) is 0 Å². The number of carbonyl (C=O) groups is 1. The quantitative estimate of drug-likeness (QED) is 0.124. The van der Waals surface area contributed by atoms with E-state index in [1.807, 2.05) is 0 Å². The Balaban J connectivity index is 1.32. The zero-order valence-corrected chi connectivity index (χ0v) is 25.6. The summed E-state index contributed by atoms with van der Waals surface area (Å²) in [5, 5.41) is 0. The molecule has 3 aliphatic rings. The topological polar surface area (TPSA) is 35.5 Å². The van der Waals surface area contributed by atoms with E-state index in [-0.39, 0.29) is 12.2 Å². The third kappa shape index (κ3) is 7.68. The molecule has 0 aromatic carbocycles. The zero-order chi connectivity index (χ0) is 26.6. The second-order valence-corrected chi connectivity index (χ2v) is 13.8. The van der Waals surface area contributed by atoms with Crippen molar-refractivity contribution < 1.29 is 14.3 Å². The van der Waals surface area contributed by atoms with E-state index in [0.717, 1.165) is 77.4 Å². The summed E-state index contributed by atoms with van der Waals surface area (Å²) >= 11 is 14.2. The molecule has 2 spiro atoms. The van der Waals surface area contributed by atoms with Gasteiger partial charge in [-0.3, -0.25) is 4.79 Å². The SMILES string of the molecule is CCCCCCCCCOC1CCC2(CC1)C(=O)C1(CCC(OCCCCCCCCC)CC1)C2(Cl)Cl. The van der Waals surface area contributed by atoms with E-state index in [9.17, 15) is 4.79 Å². The summed E-state index contributed by atoms with van der Waals surface area (Å²) in [6.45, 7) is 6.21. The van der Waals surface area contributed by atoms with Crippen LogP contribution >= 0.6 is 23.2 Å². The normalized spacial score (nSPS) is 31.2. The first-order chi connectivity index (χ1) is 17.9. The molecule has 0 unspecified atom stereocenters. The van der Waals surface area contributed by atoms with E-state index in [1.54, 1.807) is 0 Å². The Morgan fingerprint density at radius 1 is 0.595 bits per heavy atom. The average molecular weight is 560 g/mol. The van der Waals surface area contributed by atoms with Crippen molar-refractivity contribution in [2.45, 2.75) is 172 Å². The van der Waals surface area contributed by atoms with Crippen molar-refractivity contribution in [1.82, 2.24) is 0 Å². The van der Waals surface area contributed by atoms with Crippen molar-refractivity contribution in [3.63, 3.8) is 0 Å². The summed E-state index contributed by atoms with van der Waals surface area (Å²) in [4.78, 5) is 13.7. The van der Waals surface area contributed by atoms with Crippen LogP contribution in [-0.2, 0) is 14.3 Å². The number of rotatable bonds is 18. The van der Waals surface area contributed by atoms with Crippen molar-refractivity contribution in [2.24, 2.45) is 10.8 Å². The van der Waals surface area contributed by atoms with Crippen LogP contribution in [0, 0.1) is 10.8 Å². The molecule has 5 heteroatoms. The number of carbonyl (C=O) groups excluding carboxylic acids is 1. The minimum atomic E-state index is -0.940. The summed E-state index contributed by atoms with van der Waals surface area (Å²) in [6, 6.07) is 0. The number of hydrogen-bond donors (Lipinski definition) is 0. The van der Waals surface area contributed by atoms with Crippen LogP contribution in [0.15, 0.2) is 0 Å². The molecule has 3 saturated carbocycles. The summed E-state index contributed by atoms with van der Waals surface area (Å²) in [7, 11) is 0. The molecule has 0 radical (unpaired) electrons. The van der Waals surface area contributed by atoms with Gasteiger partial charge in [-0.05, 0) is 64.2 Å². The standard InChI is InChI=1S/C32H56Cl2O3/c1-3-5-7-9-11-13-15-25-36-27-17-21-30(22-18-27)29(35)31(32(30,33)34)23-19-28(20-24-31)37-26-16-14-12-10-8-6-4-2/h27-28H,3-26H2,1-2H3. The molecule has 3 aliphatic carbocycles. The highest BCUT2D eigenvalue weighted by atomic mass is 35.5. The number of Topliss-reactive ketones (excluding diaryl/α,β-unsaturated/α-hetero) is 1. The minimum absolute atomic E-state index is 0.259. The van der Waals surface area contributed by atoms with Gasteiger partial charge >= 0.3 is 0 Å². The lowest BCUT2D eigenvalue weighted by atomic mass is 9.43. The van der Waals surface area contributed by atoms with Gasteiger partial charge in [-0.25, -0.2) is 0 Å². The Bertz CT molecular complexity index is 596. The molecule has 3 nitrogen and oxygen atoms in total. The Labute approximate surface area is 238 Å². The van der Waals surface area contributed by atoms with Crippen molar-refractivity contribution >= 4 is 29.0 Å². The number of unbranched alkanes of at least 4 members (excludes halogenated alkanes) is 12. The molecule has 3 rings (SSSR count). The van der Waals surface area contributed by atoms with Gasteiger partial charge in [0.1, 0.15) is 4.33 Å². The average Bonchev–Trinajstić information content (AvgIpc) is 2.92. The number of alkyl halides is 2. The summed E-state index contributed by atoms with van der Waals surface area (Å²) < 4.78 is 11.4.